The van der Waals surface area contributed by atoms with Gasteiger partial charge < -0.3 is 11.1 Å². The standard InChI is InChI=1S/C14H18N4O3/c15-11-4-3-9(6-12(11)18(20)21)8-17-5-1-2-10-13(17)7-16-14(10)19/h3-4,6,10,13H,1-2,5,7-8,15H2,(H,16,19). The highest BCUT2D eigenvalue weighted by atomic mass is 16.6. The molecule has 7 heteroatoms. The van der Waals surface area contributed by atoms with Crippen LogP contribution in [0.4, 0.5) is 11.4 Å². The van der Waals surface area contributed by atoms with Crippen LogP contribution in [0.5, 0.6) is 0 Å². The van der Waals surface area contributed by atoms with Gasteiger partial charge in [0.15, 0.2) is 0 Å². The van der Waals surface area contributed by atoms with Crippen molar-refractivity contribution < 1.29 is 9.72 Å². The van der Waals surface area contributed by atoms with Gasteiger partial charge in [-0.15, -0.1) is 0 Å². The first kappa shape index (κ1) is 13.8. The molecule has 0 spiro atoms. The number of fused-ring (bicyclic) bond motifs is 1. The van der Waals surface area contributed by atoms with Gasteiger partial charge in [0.1, 0.15) is 5.69 Å². The number of piperidine rings is 1. The number of anilines is 1. The Morgan fingerprint density at radius 3 is 3.05 bits per heavy atom. The van der Waals surface area contributed by atoms with Crippen LogP contribution in [0.2, 0.25) is 0 Å². The number of carbonyl (C=O) groups is 1. The lowest BCUT2D eigenvalue weighted by Crippen LogP contribution is -2.44. The third-order valence-electron chi connectivity index (χ3n) is 4.39. The van der Waals surface area contributed by atoms with E-state index in [4.69, 9.17) is 5.73 Å². The highest BCUT2D eigenvalue weighted by Crippen LogP contribution is 2.30. The molecule has 1 aromatic rings. The van der Waals surface area contributed by atoms with Crippen LogP contribution >= 0.6 is 0 Å². The number of nitrogen functional groups attached to an aromatic ring is 1. The maximum atomic E-state index is 11.8. The van der Waals surface area contributed by atoms with E-state index in [2.05, 4.69) is 10.2 Å². The SMILES string of the molecule is Nc1ccc(CN2CCCC3C(=O)NCC32)cc1[N+](=O)[O-]. The van der Waals surface area contributed by atoms with E-state index in [0.717, 1.165) is 24.9 Å². The Hall–Kier alpha value is -2.15. The molecule has 7 nitrogen and oxygen atoms in total. The first-order valence-electron chi connectivity index (χ1n) is 7.11. The monoisotopic (exact) mass is 290 g/mol. The van der Waals surface area contributed by atoms with Crippen LogP contribution in [-0.4, -0.2) is 34.9 Å². The molecule has 2 atom stereocenters. The second-order valence-corrected chi connectivity index (χ2v) is 5.68. The highest BCUT2D eigenvalue weighted by Gasteiger charge is 2.40. The zero-order valence-electron chi connectivity index (χ0n) is 11.6. The van der Waals surface area contributed by atoms with Gasteiger partial charge >= 0.3 is 0 Å². The van der Waals surface area contributed by atoms with Crippen LogP contribution in [-0.2, 0) is 11.3 Å². The molecule has 2 saturated heterocycles. The normalized spacial score (nSPS) is 25.4. The third-order valence-corrected chi connectivity index (χ3v) is 4.39. The fraction of sp³-hybridized carbons (Fsp3) is 0.500. The fourth-order valence-electron chi connectivity index (χ4n) is 3.32. The quantitative estimate of drug-likeness (QED) is 0.489. The molecule has 112 valence electrons. The molecule has 1 amide bonds. The van der Waals surface area contributed by atoms with Gasteiger partial charge in [0.2, 0.25) is 5.91 Å². The lowest BCUT2D eigenvalue weighted by atomic mass is 9.91. The Kier molecular flexibility index (Phi) is 3.50. The molecule has 1 aromatic carbocycles. The Morgan fingerprint density at radius 2 is 2.29 bits per heavy atom. The predicted octanol–water partition coefficient (Wildman–Crippen LogP) is 0.887. The van der Waals surface area contributed by atoms with E-state index < -0.39 is 4.92 Å². The van der Waals surface area contributed by atoms with E-state index >= 15 is 0 Å². The van der Waals surface area contributed by atoms with E-state index in [9.17, 15) is 14.9 Å². The van der Waals surface area contributed by atoms with Crippen LogP contribution in [0.3, 0.4) is 0 Å². The number of hydrogen-bond acceptors (Lipinski definition) is 5. The molecular formula is C14H18N4O3. The minimum Gasteiger partial charge on any atom is -0.393 e. The number of rotatable bonds is 3. The summed E-state index contributed by atoms with van der Waals surface area (Å²) in [7, 11) is 0. The Labute approximate surface area is 122 Å². The van der Waals surface area contributed by atoms with Crippen molar-refractivity contribution in [2.24, 2.45) is 5.92 Å². The summed E-state index contributed by atoms with van der Waals surface area (Å²) in [5, 5.41) is 13.9. The van der Waals surface area contributed by atoms with Crippen molar-refractivity contribution in [1.82, 2.24) is 10.2 Å². The molecule has 0 radical (unpaired) electrons. The summed E-state index contributed by atoms with van der Waals surface area (Å²) >= 11 is 0. The summed E-state index contributed by atoms with van der Waals surface area (Å²) in [6, 6.07) is 5.12. The molecule has 3 N–H and O–H groups in total. The second-order valence-electron chi connectivity index (χ2n) is 5.68. The topological polar surface area (TPSA) is 102 Å². The molecule has 0 aromatic heterocycles. The first-order valence-corrected chi connectivity index (χ1v) is 7.11. The minimum absolute atomic E-state index is 0.0540. The summed E-state index contributed by atoms with van der Waals surface area (Å²) in [6.45, 7) is 2.19. The lowest BCUT2D eigenvalue weighted by Gasteiger charge is -2.35. The summed E-state index contributed by atoms with van der Waals surface area (Å²) in [5.41, 5.74) is 6.60. The predicted molar refractivity (Wildman–Crippen MR) is 77.4 cm³/mol. The van der Waals surface area contributed by atoms with Gasteiger partial charge in [-0.2, -0.15) is 0 Å². The Bertz CT molecular complexity index is 590. The minimum atomic E-state index is -0.460. The number of likely N-dealkylation sites (tertiary alicyclic amines) is 1. The van der Waals surface area contributed by atoms with Crippen molar-refractivity contribution in [3.8, 4) is 0 Å². The van der Waals surface area contributed by atoms with E-state index in [1.165, 1.54) is 6.07 Å². The highest BCUT2D eigenvalue weighted by molar-refractivity contribution is 5.82. The fourth-order valence-corrected chi connectivity index (χ4v) is 3.32. The van der Waals surface area contributed by atoms with Crippen LogP contribution < -0.4 is 11.1 Å². The molecule has 0 aliphatic carbocycles. The molecule has 0 saturated carbocycles. The number of nitrogens with two attached hydrogens (primary N) is 1. The molecule has 2 aliphatic rings. The van der Waals surface area contributed by atoms with Crippen molar-refractivity contribution in [3.05, 3.63) is 33.9 Å². The van der Waals surface area contributed by atoms with Crippen LogP contribution in [0.25, 0.3) is 0 Å². The largest absolute Gasteiger partial charge is 0.393 e. The van der Waals surface area contributed by atoms with E-state index in [1.54, 1.807) is 6.07 Å². The number of nitro groups is 1. The molecule has 2 aliphatic heterocycles. The average Bonchev–Trinajstić information content (AvgIpc) is 2.84. The summed E-state index contributed by atoms with van der Waals surface area (Å²) in [5.74, 6) is 0.190. The molecule has 0 bridgehead atoms. The van der Waals surface area contributed by atoms with Crippen molar-refractivity contribution >= 4 is 17.3 Å². The number of nitro benzene ring substituents is 1. The smallest absolute Gasteiger partial charge is 0.292 e. The van der Waals surface area contributed by atoms with Crippen LogP contribution in [0.1, 0.15) is 18.4 Å². The number of nitrogens with zero attached hydrogens (tertiary/aromatic N) is 2. The van der Waals surface area contributed by atoms with Gasteiger partial charge in [0.25, 0.3) is 5.69 Å². The van der Waals surface area contributed by atoms with Crippen molar-refractivity contribution in [2.45, 2.75) is 25.4 Å². The number of nitrogens with one attached hydrogen (secondary N) is 1. The molecule has 2 unspecified atom stereocenters. The van der Waals surface area contributed by atoms with Gasteiger partial charge in [-0.05, 0) is 31.0 Å². The van der Waals surface area contributed by atoms with E-state index in [0.29, 0.717) is 13.1 Å². The second kappa shape index (κ2) is 5.33. The molecule has 3 rings (SSSR count). The zero-order chi connectivity index (χ0) is 15.0. The summed E-state index contributed by atoms with van der Waals surface area (Å²) in [6.07, 6.45) is 1.90. The first-order chi connectivity index (χ1) is 10.1. The zero-order valence-corrected chi connectivity index (χ0v) is 11.6. The van der Waals surface area contributed by atoms with Gasteiger partial charge in [-0.25, -0.2) is 0 Å². The number of benzene rings is 1. The van der Waals surface area contributed by atoms with E-state index in [1.807, 2.05) is 6.07 Å². The number of carbonyl (C=O) groups excluding carboxylic acids is 1. The maximum Gasteiger partial charge on any atom is 0.292 e. The molecular weight excluding hydrogens is 272 g/mol. The molecule has 2 heterocycles. The van der Waals surface area contributed by atoms with Crippen LogP contribution in [0, 0.1) is 16.0 Å². The van der Waals surface area contributed by atoms with Crippen molar-refractivity contribution in [3.63, 3.8) is 0 Å². The van der Waals surface area contributed by atoms with Crippen molar-refractivity contribution in [1.29, 1.82) is 0 Å². The Balaban J connectivity index is 1.78. The van der Waals surface area contributed by atoms with Gasteiger partial charge in [0, 0.05) is 25.2 Å². The maximum absolute atomic E-state index is 11.8. The average molecular weight is 290 g/mol. The summed E-state index contributed by atoms with van der Waals surface area (Å²) in [4.78, 5) is 24.5. The van der Waals surface area contributed by atoms with Gasteiger partial charge in [-0.3, -0.25) is 19.8 Å². The third kappa shape index (κ3) is 2.56. The molecule has 21 heavy (non-hydrogen) atoms. The van der Waals surface area contributed by atoms with Crippen molar-refractivity contribution in [2.75, 3.05) is 18.8 Å². The Morgan fingerprint density at radius 1 is 1.48 bits per heavy atom. The van der Waals surface area contributed by atoms with E-state index in [-0.39, 0.29) is 29.2 Å². The van der Waals surface area contributed by atoms with Gasteiger partial charge in [-0.1, -0.05) is 6.07 Å². The molecule has 2 fully saturated rings. The number of amides is 1. The lowest BCUT2D eigenvalue weighted by molar-refractivity contribution is -0.384. The number of hydrogen-bond donors (Lipinski definition) is 2. The summed E-state index contributed by atoms with van der Waals surface area (Å²) < 4.78 is 0. The van der Waals surface area contributed by atoms with Crippen LogP contribution in [0.15, 0.2) is 18.2 Å². The van der Waals surface area contributed by atoms with Gasteiger partial charge in [0.05, 0.1) is 10.8 Å².